The molecule has 1 rings (SSSR count). The van der Waals surface area contributed by atoms with Gasteiger partial charge in [-0.15, -0.1) is 0 Å². The second kappa shape index (κ2) is 5.68. The van der Waals surface area contributed by atoms with Crippen LogP contribution >= 0.6 is 0 Å². The van der Waals surface area contributed by atoms with Gasteiger partial charge in [-0.05, 0) is 33.8 Å². The Kier molecular flexibility index (Phi) is 4.62. The summed E-state index contributed by atoms with van der Waals surface area (Å²) in [5.41, 5.74) is 0.555. The first kappa shape index (κ1) is 16.3. The van der Waals surface area contributed by atoms with Gasteiger partial charge in [0, 0.05) is 11.7 Å². The Bertz CT molecular complexity index is 513. The Morgan fingerprint density at radius 3 is 2.35 bits per heavy atom. The molecule has 0 amide bonds. The quantitative estimate of drug-likeness (QED) is 0.925. The first-order chi connectivity index (χ1) is 9.03. The molecule has 1 aromatic rings. The summed E-state index contributed by atoms with van der Waals surface area (Å²) in [6, 6.07) is 0.887. The van der Waals surface area contributed by atoms with Crippen LogP contribution < -0.4 is 4.90 Å². The van der Waals surface area contributed by atoms with E-state index in [1.807, 2.05) is 0 Å². The zero-order valence-electron chi connectivity index (χ0n) is 11.7. The molecule has 0 radical (unpaired) electrons. The smallest absolute Gasteiger partial charge is 0.405 e. The van der Waals surface area contributed by atoms with Gasteiger partial charge < -0.3 is 10.0 Å². The number of alkyl halides is 3. The van der Waals surface area contributed by atoms with E-state index in [-0.39, 0.29) is 16.9 Å². The molecule has 0 aliphatic carbocycles. The van der Waals surface area contributed by atoms with E-state index >= 15 is 0 Å². The molecule has 1 N–H and O–H groups in total. The van der Waals surface area contributed by atoms with Gasteiger partial charge >= 0.3 is 12.1 Å². The van der Waals surface area contributed by atoms with Gasteiger partial charge in [0.25, 0.3) is 0 Å². The number of nitrogens with zero attached hydrogens (tertiary/aromatic N) is 2. The summed E-state index contributed by atoms with van der Waals surface area (Å²) in [6.45, 7) is 5.07. The minimum Gasteiger partial charge on any atom is -0.478 e. The number of aryl methyl sites for hydroxylation is 2. The Labute approximate surface area is 115 Å². The van der Waals surface area contributed by atoms with Gasteiger partial charge in [0.1, 0.15) is 12.1 Å². The molecule has 0 unspecified atom stereocenters. The molecule has 0 saturated heterocycles. The first-order valence-corrected chi connectivity index (χ1v) is 6.08. The molecule has 1 heterocycles. The highest BCUT2D eigenvalue weighted by Gasteiger charge is 2.34. The number of rotatable bonds is 4. The van der Waals surface area contributed by atoms with Crippen LogP contribution in [0.5, 0.6) is 0 Å². The average molecular weight is 290 g/mol. The third kappa shape index (κ3) is 3.85. The number of pyridine rings is 1. The number of carboxylic acid groups (broad SMARTS) is 1. The van der Waals surface area contributed by atoms with Crippen molar-refractivity contribution in [2.24, 2.45) is 0 Å². The zero-order chi connectivity index (χ0) is 15.7. The van der Waals surface area contributed by atoms with Crippen molar-refractivity contribution in [3.05, 3.63) is 23.0 Å². The SMILES string of the molecule is Cc1cc(N(CC(F)(F)F)C(C)C)c(C(=O)O)c(C)n1. The highest BCUT2D eigenvalue weighted by Crippen LogP contribution is 2.29. The van der Waals surface area contributed by atoms with Gasteiger partial charge in [-0.25, -0.2) is 4.79 Å². The number of aromatic nitrogens is 1. The van der Waals surface area contributed by atoms with Crippen molar-refractivity contribution >= 4 is 11.7 Å². The molecular weight excluding hydrogens is 273 g/mol. The fourth-order valence-electron chi connectivity index (χ4n) is 2.04. The molecule has 0 aliphatic heterocycles. The van der Waals surface area contributed by atoms with Crippen LogP contribution in [0.15, 0.2) is 6.07 Å². The number of halogens is 3. The zero-order valence-corrected chi connectivity index (χ0v) is 11.7. The summed E-state index contributed by atoms with van der Waals surface area (Å²) >= 11 is 0. The number of carbonyl (C=O) groups is 1. The van der Waals surface area contributed by atoms with E-state index in [1.165, 1.54) is 13.0 Å². The lowest BCUT2D eigenvalue weighted by Crippen LogP contribution is -2.40. The maximum atomic E-state index is 12.7. The van der Waals surface area contributed by atoms with E-state index in [1.54, 1.807) is 20.8 Å². The van der Waals surface area contributed by atoms with Crippen LogP contribution in [0.4, 0.5) is 18.9 Å². The van der Waals surface area contributed by atoms with Crippen molar-refractivity contribution in [2.75, 3.05) is 11.4 Å². The third-order valence-electron chi connectivity index (χ3n) is 2.80. The Balaban J connectivity index is 3.43. The molecule has 0 atom stereocenters. The summed E-state index contributed by atoms with van der Waals surface area (Å²) < 4.78 is 38.0. The van der Waals surface area contributed by atoms with E-state index < -0.39 is 24.7 Å². The number of hydrogen-bond donors (Lipinski definition) is 1. The van der Waals surface area contributed by atoms with Crippen LogP contribution in [0.25, 0.3) is 0 Å². The second-order valence-electron chi connectivity index (χ2n) is 4.89. The van der Waals surface area contributed by atoms with Crippen molar-refractivity contribution in [3.63, 3.8) is 0 Å². The predicted octanol–water partition coefficient (Wildman–Crippen LogP) is 3.17. The summed E-state index contributed by atoms with van der Waals surface area (Å²) in [5, 5.41) is 9.22. The first-order valence-electron chi connectivity index (χ1n) is 6.08. The number of carboxylic acids is 1. The molecule has 0 aromatic carbocycles. The van der Waals surface area contributed by atoms with Gasteiger partial charge in [0.2, 0.25) is 0 Å². The lowest BCUT2D eigenvalue weighted by Gasteiger charge is -2.31. The maximum Gasteiger partial charge on any atom is 0.405 e. The minimum absolute atomic E-state index is 0.0508. The highest BCUT2D eigenvalue weighted by atomic mass is 19.4. The molecule has 0 fully saturated rings. The molecule has 0 spiro atoms. The number of hydrogen-bond acceptors (Lipinski definition) is 3. The molecule has 7 heteroatoms. The maximum absolute atomic E-state index is 12.7. The monoisotopic (exact) mass is 290 g/mol. The van der Waals surface area contributed by atoms with E-state index in [0.29, 0.717) is 5.69 Å². The predicted molar refractivity (Wildman–Crippen MR) is 69.2 cm³/mol. The standard InChI is InChI=1S/C13H17F3N2O2/c1-7(2)18(6-13(14,15)16)10-5-8(3)17-9(4)11(10)12(19)20/h5,7H,6H2,1-4H3,(H,19,20). The largest absolute Gasteiger partial charge is 0.478 e. The summed E-state index contributed by atoms with van der Waals surface area (Å²) in [7, 11) is 0. The van der Waals surface area contributed by atoms with E-state index in [9.17, 15) is 23.1 Å². The minimum atomic E-state index is -4.41. The molecule has 4 nitrogen and oxygen atoms in total. The van der Waals surface area contributed by atoms with Gasteiger partial charge in [-0.1, -0.05) is 0 Å². The molecule has 0 bridgehead atoms. The fraction of sp³-hybridized carbons (Fsp3) is 0.538. The molecular formula is C13H17F3N2O2. The molecule has 20 heavy (non-hydrogen) atoms. The summed E-state index contributed by atoms with van der Waals surface area (Å²) in [5.74, 6) is -1.28. The van der Waals surface area contributed by atoms with Crippen LogP contribution in [-0.4, -0.2) is 34.8 Å². The number of anilines is 1. The normalized spacial score (nSPS) is 11.8. The molecule has 0 aliphatic rings. The summed E-state index contributed by atoms with van der Waals surface area (Å²) in [6.07, 6.45) is -4.41. The van der Waals surface area contributed by atoms with Crippen molar-refractivity contribution < 1.29 is 23.1 Å². The Morgan fingerprint density at radius 2 is 1.95 bits per heavy atom. The number of aromatic carboxylic acids is 1. The van der Waals surface area contributed by atoms with Crippen molar-refractivity contribution in [2.45, 2.75) is 39.9 Å². The van der Waals surface area contributed by atoms with Crippen molar-refractivity contribution in [1.29, 1.82) is 0 Å². The lowest BCUT2D eigenvalue weighted by molar-refractivity contribution is -0.120. The molecule has 0 saturated carbocycles. The van der Waals surface area contributed by atoms with E-state index in [4.69, 9.17) is 0 Å². The van der Waals surface area contributed by atoms with E-state index in [0.717, 1.165) is 4.90 Å². The van der Waals surface area contributed by atoms with Crippen LogP contribution in [0.2, 0.25) is 0 Å². The molecule has 112 valence electrons. The van der Waals surface area contributed by atoms with Gasteiger partial charge in [-0.3, -0.25) is 4.98 Å². The topological polar surface area (TPSA) is 53.4 Å². The van der Waals surface area contributed by atoms with E-state index in [2.05, 4.69) is 4.98 Å². The van der Waals surface area contributed by atoms with Crippen LogP contribution in [0.1, 0.15) is 35.6 Å². The van der Waals surface area contributed by atoms with Crippen LogP contribution in [-0.2, 0) is 0 Å². The van der Waals surface area contributed by atoms with Crippen molar-refractivity contribution in [1.82, 2.24) is 4.98 Å². The third-order valence-corrected chi connectivity index (χ3v) is 2.80. The average Bonchev–Trinajstić information content (AvgIpc) is 2.22. The Hall–Kier alpha value is -1.79. The van der Waals surface area contributed by atoms with Crippen LogP contribution in [0, 0.1) is 13.8 Å². The Morgan fingerprint density at radius 1 is 1.40 bits per heavy atom. The second-order valence-corrected chi connectivity index (χ2v) is 4.89. The van der Waals surface area contributed by atoms with Gasteiger partial charge in [0.05, 0.1) is 11.4 Å². The summed E-state index contributed by atoms with van der Waals surface area (Å²) in [4.78, 5) is 16.3. The van der Waals surface area contributed by atoms with Crippen molar-refractivity contribution in [3.8, 4) is 0 Å². The van der Waals surface area contributed by atoms with Gasteiger partial charge in [-0.2, -0.15) is 13.2 Å². The highest BCUT2D eigenvalue weighted by molar-refractivity contribution is 5.95. The lowest BCUT2D eigenvalue weighted by atomic mass is 10.1. The van der Waals surface area contributed by atoms with Gasteiger partial charge in [0.15, 0.2) is 0 Å². The fourth-order valence-corrected chi connectivity index (χ4v) is 2.04. The molecule has 1 aromatic heterocycles. The van der Waals surface area contributed by atoms with Crippen LogP contribution in [0.3, 0.4) is 0 Å².